The van der Waals surface area contributed by atoms with E-state index in [0.717, 1.165) is 38.0 Å². The van der Waals surface area contributed by atoms with Crippen LogP contribution in [0.1, 0.15) is 32.6 Å². The van der Waals surface area contributed by atoms with Gasteiger partial charge in [0.05, 0.1) is 5.57 Å². The van der Waals surface area contributed by atoms with Crippen LogP contribution in [0, 0.1) is 5.92 Å². The van der Waals surface area contributed by atoms with E-state index in [0.29, 0.717) is 18.9 Å². The summed E-state index contributed by atoms with van der Waals surface area (Å²) in [6.45, 7) is 4.14. The van der Waals surface area contributed by atoms with Gasteiger partial charge in [-0.15, -0.1) is 0 Å². The summed E-state index contributed by atoms with van der Waals surface area (Å²) in [5.41, 5.74) is 1.24. The molecule has 0 saturated carbocycles. The molecule has 1 fully saturated rings. The maximum Gasteiger partial charge on any atom is 0.250 e. The Morgan fingerprint density at radius 2 is 2.16 bits per heavy atom. The van der Waals surface area contributed by atoms with Crippen molar-refractivity contribution >= 4 is 5.91 Å². The molecule has 1 aliphatic heterocycles. The number of carbonyl (C=O) groups is 1. The summed E-state index contributed by atoms with van der Waals surface area (Å²) in [7, 11) is 0. The third-order valence-corrected chi connectivity index (χ3v) is 3.83. The van der Waals surface area contributed by atoms with Gasteiger partial charge in [0.15, 0.2) is 0 Å². The van der Waals surface area contributed by atoms with Gasteiger partial charge in [-0.25, -0.2) is 4.39 Å². The lowest BCUT2D eigenvalue weighted by Gasteiger charge is -2.22. The molecule has 1 heterocycles. The zero-order valence-electron chi connectivity index (χ0n) is 11.5. The third kappa shape index (κ3) is 4.16. The molecule has 1 saturated heterocycles. The van der Waals surface area contributed by atoms with E-state index >= 15 is 0 Å². The number of carbonyl (C=O) groups excluding carboxylic acids is 1. The van der Waals surface area contributed by atoms with E-state index in [-0.39, 0.29) is 11.5 Å². The summed E-state index contributed by atoms with van der Waals surface area (Å²) in [4.78, 5) is 11.9. The quantitative estimate of drug-likeness (QED) is 0.850. The zero-order chi connectivity index (χ0) is 13.7. The van der Waals surface area contributed by atoms with E-state index < -0.39 is 6.17 Å². The van der Waals surface area contributed by atoms with Crippen LogP contribution in [0.5, 0.6) is 0 Å². The van der Waals surface area contributed by atoms with Gasteiger partial charge in [0.2, 0.25) is 5.91 Å². The lowest BCUT2D eigenvalue weighted by Crippen LogP contribution is -2.32. The molecule has 19 heavy (non-hydrogen) atoms. The van der Waals surface area contributed by atoms with Gasteiger partial charge in [-0.05, 0) is 32.1 Å². The monoisotopic (exact) mass is 267 g/mol. The number of hydrogen-bond donors (Lipinski definition) is 1. The molecule has 1 unspecified atom stereocenters. The van der Waals surface area contributed by atoms with E-state index in [9.17, 15) is 9.18 Å². The zero-order valence-corrected chi connectivity index (χ0v) is 11.5. The molecule has 3 nitrogen and oxygen atoms in total. The van der Waals surface area contributed by atoms with Gasteiger partial charge in [-0.3, -0.25) is 4.79 Å². The molecular weight excluding hydrogens is 245 g/mol. The Bertz CT molecular complexity index is 384. The summed E-state index contributed by atoms with van der Waals surface area (Å²) >= 11 is 0. The highest BCUT2D eigenvalue weighted by molar-refractivity contribution is 5.95. The minimum Gasteiger partial charge on any atom is -0.381 e. The molecule has 2 aliphatic rings. The van der Waals surface area contributed by atoms with E-state index in [4.69, 9.17) is 4.74 Å². The number of allylic oxidation sites excluding steroid dienone is 3. The van der Waals surface area contributed by atoms with Gasteiger partial charge < -0.3 is 10.1 Å². The van der Waals surface area contributed by atoms with Gasteiger partial charge >= 0.3 is 0 Å². The van der Waals surface area contributed by atoms with Crippen molar-refractivity contribution in [1.29, 1.82) is 0 Å². The summed E-state index contributed by atoms with van der Waals surface area (Å²) in [5, 5.41) is 2.83. The third-order valence-electron chi connectivity index (χ3n) is 3.83. The van der Waals surface area contributed by atoms with Crippen LogP contribution in [-0.4, -0.2) is 31.8 Å². The molecule has 1 N–H and O–H groups in total. The number of hydrogen-bond acceptors (Lipinski definition) is 2. The smallest absolute Gasteiger partial charge is 0.250 e. The van der Waals surface area contributed by atoms with Crippen molar-refractivity contribution in [3.05, 3.63) is 23.3 Å². The lowest BCUT2D eigenvalue weighted by atomic mass is 9.95. The predicted molar refractivity (Wildman–Crippen MR) is 72.5 cm³/mol. The first-order chi connectivity index (χ1) is 9.16. The molecule has 106 valence electrons. The summed E-state index contributed by atoms with van der Waals surface area (Å²) < 4.78 is 19.0. The Morgan fingerprint density at radius 1 is 1.42 bits per heavy atom. The first-order valence-corrected chi connectivity index (χ1v) is 7.04. The number of alkyl halides is 1. The molecule has 0 bridgehead atoms. The second-order valence-electron chi connectivity index (χ2n) is 5.41. The minimum atomic E-state index is -1.16. The topological polar surface area (TPSA) is 38.3 Å². The molecule has 0 aromatic rings. The van der Waals surface area contributed by atoms with E-state index in [1.165, 1.54) is 0 Å². The SMILES string of the molecule is CC1=CC=C(C(=O)NCCC2CCOCC2)C(F)C1. The highest BCUT2D eigenvalue weighted by Crippen LogP contribution is 2.22. The fourth-order valence-electron chi connectivity index (χ4n) is 2.54. The lowest BCUT2D eigenvalue weighted by molar-refractivity contribution is -0.118. The average Bonchev–Trinajstić information content (AvgIpc) is 2.39. The molecule has 2 rings (SSSR count). The first-order valence-electron chi connectivity index (χ1n) is 7.04. The van der Waals surface area contributed by atoms with Crippen LogP contribution < -0.4 is 5.32 Å². The van der Waals surface area contributed by atoms with Crippen LogP contribution in [0.3, 0.4) is 0 Å². The van der Waals surface area contributed by atoms with Crippen LogP contribution >= 0.6 is 0 Å². The summed E-state index contributed by atoms with van der Waals surface area (Å²) in [6, 6.07) is 0. The second kappa shape index (κ2) is 6.85. The van der Waals surface area contributed by atoms with Gasteiger partial charge in [-0.1, -0.05) is 17.7 Å². The van der Waals surface area contributed by atoms with Gasteiger partial charge in [-0.2, -0.15) is 0 Å². The molecular formula is C15H22FNO2. The normalized spacial score (nSPS) is 24.6. The van der Waals surface area contributed by atoms with Gasteiger partial charge in [0, 0.05) is 26.2 Å². The number of halogens is 1. The Labute approximate surface area is 113 Å². The second-order valence-corrected chi connectivity index (χ2v) is 5.41. The Balaban J connectivity index is 1.75. The summed E-state index contributed by atoms with van der Waals surface area (Å²) in [5.74, 6) is 0.362. The van der Waals surface area contributed by atoms with Crippen LogP contribution in [0.4, 0.5) is 4.39 Å². The van der Waals surface area contributed by atoms with Crippen LogP contribution in [0.15, 0.2) is 23.3 Å². The minimum absolute atomic E-state index is 0.261. The van der Waals surface area contributed by atoms with Crippen LogP contribution in [0.2, 0.25) is 0 Å². The van der Waals surface area contributed by atoms with Gasteiger partial charge in [0.1, 0.15) is 6.17 Å². The maximum absolute atomic E-state index is 13.7. The van der Waals surface area contributed by atoms with Crippen molar-refractivity contribution in [2.24, 2.45) is 5.92 Å². The molecule has 0 aromatic heterocycles. The van der Waals surface area contributed by atoms with Crippen molar-refractivity contribution in [3.8, 4) is 0 Å². The largest absolute Gasteiger partial charge is 0.381 e. The van der Waals surface area contributed by atoms with Crippen molar-refractivity contribution < 1.29 is 13.9 Å². The Morgan fingerprint density at radius 3 is 2.84 bits per heavy atom. The molecule has 1 atom stereocenters. The number of nitrogens with one attached hydrogen (secondary N) is 1. The molecule has 0 radical (unpaired) electrons. The van der Waals surface area contributed by atoms with Crippen LogP contribution in [0.25, 0.3) is 0 Å². The molecule has 1 amide bonds. The summed E-state index contributed by atoms with van der Waals surface area (Å²) in [6.07, 6.45) is 5.68. The fourth-order valence-corrected chi connectivity index (χ4v) is 2.54. The average molecular weight is 267 g/mol. The van der Waals surface area contributed by atoms with Crippen molar-refractivity contribution in [2.45, 2.75) is 38.8 Å². The van der Waals surface area contributed by atoms with E-state index in [1.807, 2.05) is 13.0 Å². The standard InChI is InChI=1S/C15H22FNO2/c1-11-2-3-13(14(16)10-11)15(18)17-7-4-12-5-8-19-9-6-12/h2-3,12,14H,4-10H2,1H3,(H,17,18). The van der Waals surface area contributed by atoms with Crippen molar-refractivity contribution in [3.63, 3.8) is 0 Å². The van der Waals surface area contributed by atoms with Crippen molar-refractivity contribution in [2.75, 3.05) is 19.8 Å². The molecule has 1 aliphatic carbocycles. The van der Waals surface area contributed by atoms with E-state index in [2.05, 4.69) is 5.32 Å². The Hall–Kier alpha value is -1.16. The van der Waals surface area contributed by atoms with Crippen LogP contribution in [-0.2, 0) is 9.53 Å². The van der Waals surface area contributed by atoms with Crippen molar-refractivity contribution in [1.82, 2.24) is 5.32 Å². The number of rotatable bonds is 4. The number of amides is 1. The van der Waals surface area contributed by atoms with Gasteiger partial charge in [0.25, 0.3) is 0 Å². The molecule has 4 heteroatoms. The maximum atomic E-state index is 13.7. The molecule has 0 aromatic carbocycles. The predicted octanol–water partition coefficient (Wildman–Crippen LogP) is 2.53. The number of ether oxygens (including phenoxy) is 1. The highest BCUT2D eigenvalue weighted by atomic mass is 19.1. The first kappa shape index (κ1) is 14.3. The highest BCUT2D eigenvalue weighted by Gasteiger charge is 2.23. The van der Waals surface area contributed by atoms with E-state index in [1.54, 1.807) is 6.08 Å². The fraction of sp³-hybridized carbons (Fsp3) is 0.667. The molecule has 0 spiro atoms. The Kier molecular flexibility index (Phi) is 5.14.